The minimum atomic E-state index is -0.0612. The summed E-state index contributed by atoms with van der Waals surface area (Å²) in [4.78, 5) is 29.4. The number of thiazole rings is 1. The van der Waals surface area contributed by atoms with Crippen LogP contribution in [-0.2, 0) is 0 Å². The molecule has 0 bridgehead atoms. The van der Waals surface area contributed by atoms with Crippen LogP contribution in [0.1, 0.15) is 0 Å². The van der Waals surface area contributed by atoms with Crippen molar-refractivity contribution in [2.75, 3.05) is 36.4 Å². The van der Waals surface area contributed by atoms with E-state index in [0.717, 1.165) is 37.8 Å². The van der Waals surface area contributed by atoms with Crippen molar-refractivity contribution in [2.45, 2.75) is 0 Å². The van der Waals surface area contributed by atoms with E-state index in [0.29, 0.717) is 17.0 Å². The summed E-state index contributed by atoms with van der Waals surface area (Å²) in [5.74, 6) is 2.57. The Bertz CT molecular complexity index is 914. The number of hydrogen-bond acceptors (Lipinski definition) is 7. The molecule has 2 saturated heterocycles. The molecular weight excluding hydrogens is 364 g/mol. The number of carbonyl (C=O) groups excluding carboxylic acids is 1. The lowest BCUT2D eigenvalue weighted by Crippen LogP contribution is -2.36. The predicted octanol–water partition coefficient (Wildman–Crippen LogP) is 1.72. The Labute approximate surface area is 159 Å². The Morgan fingerprint density at radius 3 is 2.59 bits per heavy atom. The first-order valence-electron chi connectivity index (χ1n) is 8.79. The topological polar surface area (TPSA) is 92.1 Å². The molecule has 2 amide bonds. The molecule has 2 aliphatic rings. The Kier molecular flexibility index (Phi) is 3.97. The minimum absolute atomic E-state index is 0.0612. The van der Waals surface area contributed by atoms with E-state index in [2.05, 4.69) is 30.3 Å². The van der Waals surface area contributed by atoms with Crippen molar-refractivity contribution < 1.29 is 4.79 Å². The number of carbonyl (C=O) groups is 1. The fourth-order valence-corrected chi connectivity index (χ4v) is 4.36. The van der Waals surface area contributed by atoms with Crippen molar-refractivity contribution in [1.29, 1.82) is 0 Å². The lowest BCUT2D eigenvalue weighted by molar-refractivity contribution is 0.219. The van der Waals surface area contributed by atoms with Gasteiger partial charge in [0.25, 0.3) is 0 Å². The molecule has 5 rings (SSSR count). The maximum absolute atomic E-state index is 12.4. The van der Waals surface area contributed by atoms with Crippen LogP contribution in [0.4, 0.5) is 15.7 Å². The molecule has 0 radical (unpaired) electrons. The van der Waals surface area contributed by atoms with Gasteiger partial charge < -0.3 is 9.80 Å². The smallest absolute Gasteiger partial charge is 0.323 e. The minimum Gasteiger partial charge on any atom is -0.356 e. The number of anilines is 2. The Hall–Kier alpha value is -3.01. The summed E-state index contributed by atoms with van der Waals surface area (Å²) in [5, 5.41) is 9.59. The molecular formula is C17H18N8OS. The summed E-state index contributed by atoms with van der Waals surface area (Å²) in [6.07, 6.45) is 6.86. The summed E-state index contributed by atoms with van der Waals surface area (Å²) < 4.78 is 1.73. The van der Waals surface area contributed by atoms with Crippen LogP contribution in [-0.4, -0.2) is 61.8 Å². The van der Waals surface area contributed by atoms with Crippen molar-refractivity contribution in [3.63, 3.8) is 0 Å². The van der Waals surface area contributed by atoms with Gasteiger partial charge in [0.1, 0.15) is 12.1 Å². The molecule has 2 atom stereocenters. The van der Waals surface area contributed by atoms with Gasteiger partial charge in [-0.25, -0.2) is 24.4 Å². The molecule has 0 aliphatic carbocycles. The molecule has 2 fully saturated rings. The zero-order valence-electron chi connectivity index (χ0n) is 14.5. The highest BCUT2D eigenvalue weighted by Gasteiger charge is 2.42. The van der Waals surface area contributed by atoms with E-state index in [9.17, 15) is 4.79 Å². The highest BCUT2D eigenvalue weighted by Crippen LogP contribution is 2.33. The van der Waals surface area contributed by atoms with Gasteiger partial charge in [0.2, 0.25) is 0 Å². The first kappa shape index (κ1) is 16.2. The van der Waals surface area contributed by atoms with Crippen LogP contribution >= 0.6 is 11.3 Å². The van der Waals surface area contributed by atoms with Gasteiger partial charge in [-0.2, -0.15) is 5.10 Å². The molecule has 1 N–H and O–H groups in total. The second-order valence-electron chi connectivity index (χ2n) is 6.78. The Balaban J connectivity index is 1.24. The van der Waals surface area contributed by atoms with Crippen LogP contribution in [0.2, 0.25) is 0 Å². The van der Waals surface area contributed by atoms with Crippen LogP contribution in [0.15, 0.2) is 42.4 Å². The first-order valence-corrected chi connectivity index (χ1v) is 9.66. The van der Waals surface area contributed by atoms with Gasteiger partial charge in [-0.1, -0.05) is 0 Å². The number of rotatable bonds is 3. The number of aromatic nitrogens is 5. The highest BCUT2D eigenvalue weighted by molar-refractivity contribution is 7.13. The van der Waals surface area contributed by atoms with Gasteiger partial charge in [0, 0.05) is 68.1 Å². The molecule has 9 nitrogen and oxygen atoms in total. The monoisotopic (exact) mass is 382 g/mol. The maximum atomic E-state index is 12.4. The van der Waals surface area contributed by atoms with Gasteiger partial charge in [-0.15, -0.1) is 11.3 Å². The van der Waals surface area contributed by atoms with Crippen LogP contribution < -0.4 is 10.2 Å². The number of nitrogens with zero attached hydrogens (tertiary/aromatic N) is 7. The van der Waals surface area contributed by atoms with Crippen LogP contribution in [0.5, 0.6) is 0 Å². The lowest BCUT2D eigenvalue weighted by atomic mass is 10.0. The van der Waals surface area contributed by atoms with E-state index in [1.165, 1.54) is 11.3 Å². The van der Waals surface area contributed by atoms with Gasteiger partial charge in [0.15, 0.2) is 10.9 Å². The van der Waals surface area contributed by atoms with Crippen molar-refractivity contribution in [2.24, 2.45) is 11.8 Å². The van der Waals surface area contributed by atoms with Crippen molar-refractivity contribution in [1.82, 2.24) is 29.6 Å². The Morgan fingerprint density at radius 2 is 1.89 bits per heavy atom. The molecule has 0 saturated carbocycles. The number of likely N-dealkylation sites (tertiary alicyclic amines) is 1. The zero-order valence-corrected chi connectivity index (χ0v) is 15.3. The number of amides is 2. The number of urea groups is 1. The summed E-state index contributed by atoms with van der Waals surface area (Å²) >= 11 is 1.43. The van der Waals surface area contributed by atoms with E-state index in [4.69, 9.17) is 0 Å². The zero-order chi connectivity index (χ0) is 18.2. The van der Waals surface area contributed by atoms with Gasteiger partial charge in [-0.3, -0.25) is 5.32 Å². The van der Waals surface area contributed by atoms with E-state index < -0.39 is 0 Å². The molecule has 27 heavy (non-hydrogen) atoms. The molecule has 5 heterocycles. The second kappa shape index (κ2) is 6.62. The number of fused-ring (bicyclic) bond motifs is 1. The summed E-state index contributed by atoms with van der Waals surface area (Å²) in [7, 11) is 0. The third-order valence-electron chi connectivity index (χ3n) is 5.12. The van der Waals surface area contributed by atoms with Crippen molar-refractivity contribution in [3.05, 3.63) is 42.4 Å². The maximum Gasteiger partial charge on any atom is 0.323 e. The van der Waals surface area contributed by atoms with Crippen molar-refractivity contribution in [3.8, 4) is 5.82 Å². The highest BCUT2D eigenvalue weighted by atomic mass is 32.1. The van der Waals surface area contributed by atoms with E-state index >= 15 is 0 Å². The second-order valence-corrected chi connectivity index (χ2v) is 7.68. The number of nitrogens with one attached hydrogen (secondary N) is 1. The largest absolute Gasteiger partial charge is 0.356 e. The van der Waals surface area contributed by atoms with Crippen LogP contribution in [0, 0.1) is 11.8 Å². The van der Waals surface area contributed by atoms with E-state index in [1.54, 1.807) is 23.4 Å². The molecule has 138 valence electrons. The standard InChI is InChI=1S/C17H18N8OS/c26-17(22-16-18-3-5-27-16)24-9-12-7-23(8-13(12)10-24)14-6-15(20-11-19-14)25-4-1-2-21-25/h1-6,11-13H,7-10H2,(H,18,22,26). The van der Waals surface area contributed by atoms with Gasteiger partial charge >= 0.3 is 6.03 Å². The molecule has 2 aliphatic heterocycles. The summed E-state index contributed by atoms with van der Waals surface area (Å²) in [6, 6.07) is 3.77. The predicted molar refractivity (Wildman–Crippen MR) is 101 cm³/mol. The van der Waals surface area contributed by atoms with Crippen molar-refractivity contribution >= 4 is 28.3 Å². The number of hydrogen-bond donors (Lipinski definition) is 1. The van der Waals surface area contributed by atoms with Gasteiger partial charge in [-0.05, 0) is 6.07 Å². The quantitative estimate of drug-likeness (QED) is 0.742. The normalized spacial score (nSPS) is 21.5. The molecule has 10 heteroatoms. The fourth-order valence-electron chi connectivity index (χ4n) is 3.84. The average Bonchev–Trinajstić information content (AvgIpc) is 3.44. The summed E-state index contributed by atoms with van der Waals surface area (Å²) in [6.45, 7) is 3.30. The fraction of sp³-hybridized carbons (Fsp3) is 0.353. The average molecular weight is 382 g/mol. The van der Waals surface area contributed by atoms with Gasteiger partial charge in [0.05, 0.1) is 0 Å². The third-order valence-corrected chi connectivity index (χ3v) is 5.81. The Morgan fingerprint density at radius 1 is 1.07 bits per heavy atom. The third kappa shape index (κ3) is 3.12. The molecule has 2 unspecified atom stereocenters. The van der Waals surface area contributed by atoms with Crippen LogP contribution in [0.3, 0.4) is 0 Å². The van der Waals surface area contributed by atoms with E-state index in [-0.39, 0.29) is 6.03 Å². The first-order chi connectivity index (χ1) is 13.3. The molecule has 0 aromatic carbocycles. The molecule has 3 aromatic heterocycles. The lowest BCUT2D eigenvalue weighted by Gasteiger charge is -2.22. The summed E-state index contributed by atoms with van der Waals surface area (Å²) in [5.41, 5.74) is 0. The van der Waals surface area contributed by atoms with Crippen LogP contribution in [0.25, 0.3) is 5.82 Å². The SMILES string of the molecule is O=C(Nc1nccs1)N1CC2CN(c3cc(-n4cccn4)ncn3)CC2C1. The van der Waals surface area contributed by atoms with E-state index in [1.807, 2.05) is 28.6 Å². The molecule has 3 aromatic rings. The molecule has 0 spiro atoms.